The van der Waals surface area contributed by atoms with Crippen molar-refractivity contribution in [3.05, 3.63) is 75.8 Å². The van der Waals surface area contributed by atoms with Gasteiger partial charge >= 0.3 is 0 Å². The minimum absolute atomic E-state index is 0.484. The minimum Gasteiger partial charge on any atom is -0.223 e. The fourth-order valence-corrected chi connectivity index (χ4v) is 2.77. The normalized spacial score (nSPS) is 9.88. The Hall–Kier alpha value is -2.79. The van der Waals surface area contributed by atoms with Crippen LogP contribution in [-0.2, 0) is 6.42 Å². The highest BCUT2D eigenvalue weighted by molar-refractivity contribution is 6.34. The van der Waals surface area contributed by atoms with Crippen LogP contribution in [0.3, 0.4) is 0 Å². The summed E-state index contributed by atoms with van der Waals surface area (Å²) >= 11 is 11.9. The van der Waals surface area contributed by atoms with Gasteiger partial charge in [-0.3, -0.25) is 0 Å². The molecule has 2 aromatic carbocycles. The first-order valence-corrected chi connectivity index (χ1v) is 7.74. The third-order valence-electron chi connectivity index (χ3n) is 3.23. The topological polar surface area (TPSA) is 54.5 Å². The van der Waals surface area contributed by atoms with Crippen molar-refractivity contribution in [2.45, 2.75) is 6.42 Å². The van der Waals surface area contributed by atoms with Gasteiger partial charge in [-0.25, -0.2) is 9.67 Å². The summed E-state index contributed by atoms with van der Waals surface area (Å²) < 4.78 is 1.55. The summed E-state index contributed by atoms with van der Waals surface area (Å²) in [6.45, 7) is 0. The van der Waals surface area contributed by atoms with Gasteiger partial charge in [0.1, 0.15) is 18.7 Å². The van der Waals surface area contributed by atoms with Crippen molar-refractivity contribution in [1.82, 2.24) is 14.8 Å². The summed E-state index contributed by atoms with van der Waals surface area (Å²) in [6, 6.07) is 12.9. The number of halogens is 2. The number of hydrogen-bond acceptors (Lipinski definition) is 3. The van der Waals surface area contributed by atoms with Gasteiger partial charge in [-0.2, -0.15) is 10.4 Å². The molecule has 0 unspecified atom stereocenters. The van der Waals surface area contributed by atoms with Crippen LogP contribution in [0.4, 0.5) is 0 Å². The molecule has 0 aliphatic carbocycles. The number of benzene rings is 2. The SMILES string of the molecule is N#Cc1cc(C#CCc2cc(Cl)cc(Cl)c2)ccc1-n1cncn1. The van der Waals surface area contributed by atoms with Crippen LogP contribution < -0.4 is 0 Å². The zero-order valence-corrected chi connectivity index (χ0v) is 13.9. The van der Waals surface area contributed by atoms with E-state index in [0.717, 1.165) is 11.1 Å². The second-order valence-corrected chi connectivity index (χ2v) is 5.81. The van der Waals surface area contributed by atoms with Gasteiger partial charge in [0.05, 0.1) is 11.3 Å². The second kappa shape index (κ2) is 7.19. The summed E-state index contributed by atoms with van der Waals surface area (Å²) in [5, 5.41) is 14.5. The van der Waals surface area contributed by atoms with Crippen molar-refractivity contribution in [3.63, 3.8) is 0 Å². The first-order valence-electron chi connectivity index (χ1n) is 6.99. The Labute approximate surface area is 149 Å². The van der Waals surface area contributed by atoms with E-state index in [0.29, 0.717) is 27.7 Å². The van der Waals surface area contributed by atoms with Gasteiger partial charge in [-0.1, -0.05) is 35.0 Å². The summed E-state index contributed by atoms with van der Waals surface area (Å²) in [5.41, 5.74) is 2.85. The highest BCUT2D eigenvalue weighted by Gasteiger charge is 2.05. The molecule has 6 heteroatoms. The summed E-state index contributed by atoms with van der Waals surface area (Å²) in [6.07, 6.45) is 3.49. The average Bonchev–Trinajstić information content (AvgIpc) is 3.08. The molecular weight excluding hydrogens is 343 g/mol. The van der Waals surface area contributed by atoms with E-state index in [-0.39, 0.29) is 0 Å². The van der Waals surface area contributed by atoms with Gasteiger partial charge in [0, 0.05) is 22.0 Å². The summed E-state index contributed by atoms with van der Waals surface area (Å²) in [5.74, 6) is 6.11. The van der Waals surface area contributed by atoms with Crippen molar-refractivity contribution in [2.24, 2.45) is 0 Å². The molecular formula is C18H10Cl2N4. The van der Waals surface area contributed by atoms with Crippen molar-refractivity contribution in [3.8, 4) is 23.6 Å². The Bertz CT molecular complexity index is 956. The zero-order valence-electron chi connectivity index (χ0n) is 12.4. The van der Waals surface area contributed by atoms with Crippen LogP contribution in [0.15, 0.2) is 49.1 Å². The molecule has 0 N–H and O–H groups in total. The zero-order chi connectivity index (χ0) is 16.9. The lowest BCUT2D eigenvalue weighted by Crippen LogP contribution is -1.98. The van der Waals surface area contributed by atoms with E-state index in [2.05, 4.69) is 28.0 Å². The highest BCUT2D eigenvalue weighted by Crippen LogP contribution is 2.19. The monoisotopic (exact) mass is 352 g/mol. The molecule has 0 bridgehead atoms. The number of rotatable bonds is 2. The molecule has 0 saturated carbocycles. The molecule has 116 valence electrons. The maximum atomic E-state index is 9.32. The molecule has 1 aromatic heterocycles. The van der Waals surface area contributed by atoms with Crippen LogP contribution in [0, 0.1) is 23.2 Å². The van der Waals surface area contributed by atoms with Crippen molar-refractivity contribution in [1.29, 1.82) is 5.26 Å². The van der Waals surface area contributed by atoms with Crippen LogP contribution >= 0.6 is 23.2 Å². The largest absolute Gasteiger partial charge is 0.223 e. The Morgan fingerprint density at radius 2 is 1.88 bits per heavy atom. The van der Waals surface area contributed by atoms with E-state index in [9.17, 15) is 5.26 Å². The lowest BCUT2D eigenvalue weighted by atomic mass is 10.1. The quantitative estimate of drug-likeness (QED) is 0.654. The van der Waals surface area contributed by atoms with Gasteiger partial charge in [-0.05, 0) is 42.0 Å². The predicted octanol–water partition coefficient (Wildman–Crippen LogP) is 4.04. The van der Waals surface area contributed by atoms with E-state index in [1.165, 1.54) is 6.33 Å². The lowest BCUT2D eigenvalue weighted by molar-refractivity contribution is 0.875. The number of aromatic nitrogens is 3. The maximum absolute atomic E-state index is 9.32. The fourth-order valence-electron chi connectivity index (χ4n) is 2.20. The van der Waals surface area contributed by atoms with E-state index >= 15 is 0 Å². The van der Waals surface area contributed by atoms with Gasteiger partial charge in [-0.15, -0.1) is 0 Å². The van der Waals surface area contributed by atoms with Gasteiger partial charge < -0.3 is 0 Å². The first kappa shape index (κ1) is 16.1. The van der Waals surface area contributed by atoms with E-state index < -0.39 is 0 Å². The van der Waals surface area contributed by atoms with Gasteiger partial charge in [0.25, 0.3) is 0 Å². The van der Waals surface area contributed by atoms with E-state index in [1.807, 2.05) is 18.2 Å². The molecule has 0 radical (unpaired) electrons. The molecule has 0 spiro atoms. The Morgan fingerprint density at radius 3 is 2.54 bits per heavy atom. The molecule has 0 aliphatic heterocycles. The molecule has 0 fully saturated rings. The molecule has 0 saturated heterocycles. The van der Waals surface area contributed by atoms with Crippen LogP contribution in [0.1, 0.15) is 16.7 Å². The first-order chi connectivity index (χ1) is 11.7. The van der Waals surface area contributed by atoms with Crippen LogP contribution in [0.25, 0.3) is 5.69 Å². The molecule has 3 rings (SSSR count). The van der Waals surface area contributed by atoms with Crippen LogP contribution in [0.2, 0.25) is 10.0 Å². The Balaban J connectivity index is 1.83. The van der Waals surface area contributed by atoms with Crippen LogP contribution in [-0.4, -0.2) is 14.8 Å². The maximum Gasteiger partial charge on any atom is 0.138 e. The summed E-state index contributed by atoms with van der Waals surface area (Å²) in [4.78, 5) is 3.89. The van der Waals surface area contributed by atoms with Crippen molar-refractivity contribution in [2.75, 3.05) is 0 Å². The van der Waals surface area contributed by atoms with Crippen molar-refractivity contribution < 1.29 is 0 Å². The Kier molecular flexibility index (Phi) is 4.82. The number of hydrogen-bond donors (Lipinski definition) is 0. The third-order valence-corrected chi connectivity index (χ3v) is 3.67. The van der Waals surface area contributed by atoms with Gasteiger partial charge in [0.15, 0.2) is 0 Å². The smallest absolute Gasteiger partial charge is 0.138 e. The lowest BCUT2D eigenvalue weighted by Gasteiger charge is -2.03. The minimum atomic E-state index is 0.484. The number of nitriles is 1. The van der Waals surface area contributed by atoms with Crippen molar-refractivity contribution >= 4 is 23.2 Å². The molecule has 24 heavy (non-hydrogen) atoms. The molecule has 1 heterocycles. The average molecular weight is 353 g/mol. The van der Waals surface area contributed by atoms with E-state index in [1.54, 1.807) is 29.2 Å². The number of nitrogens with zero attached hydrogens (tertiary/aromatic N) is 4. The molecule has 3 aromatic rings. The summed E-state index contributed by atoms with van der Waals surface area (Å²) in [7, 11) is 0. The molecule has 4 nitrogen and oxygen atoms in total. The van der Waals surface area contributed by atoms with E-state index in [4.69, 9.17) is 23.2 Å². The highest BCUT2D eigenvalue weighted by atomic mass is 35.5. The van der Waals surface area contributed by atoms with Crippen LogP contribution in [0.5, 0.6) is 0 Å². The molecule has 0 atom stereocenters. The van der Waals surface area contributed by atoms with Gasteiger partial charge in [0.2, 0.25) is 0 Å². The second-order valence-electron chi connectivity index (χ2n) is 4.94. The molecule has 0 amide bonds. The third kappa shape index (κ3) is 3.75. The standard InChI is InChI=1S/C18H10Cl2N4/c19-16-7-14(8-17(20)9-16)3-1-2-13-4-5-18(15(6-13)10-21)24-12-22-11-23-24/h4-9,11-12H,3H2. The Morgan fingerprint density at radius 1 is 1.08 bits per heavy atom. The molecule has 0 aliphatic rings. The fraction of sp³-hybridized carbons (Fsp3) is 0.0556. The predicted molar refractivity (Wildman–Crippen MR) is 93.1 cm³/mol.